The smallest absolute Gasteiger partial charge is 0.125 e. The van der Waals surface area contributed by atoms with Crippen LogP contribution >= 0.6 is 15.9 Å². The number of aromatic nitrogens is 2. The third kappa shape index (κ3) is 2.95. The summed E-state index contributed by atoms with van der Waals surface area (Å²) < 4.78 is 21.4. The zero-order chi connectivity index (χ0) is 18.6. The Morgan fingerprint density at radius 1 is 1.30 bits per heavy atom. The Morgan fingerprint density at radius 3 is 2.89 bits per heavy atom. The summed E-state index contributed by atoms with van der Waals surface area (Å²) >= 11 is 3.53. The van der Waals surface area contributed by atoms with Crippen molar-refractivity contribution in [2.24, 2.45) is 0 Å². The molecule has 27 heavy (non-hydrogen) atoms. The van der Waals surface area contributed by atoms with Gasteiger partial charge < -0.3 is 4.74 Å². The number of alkyl halides is 1. The summed E-state index contributed by atoms with van der Waals surface area (Å²) in [6.45, 7) is 1.30. The van der Waals surface area contributed by atoms with E-state index in [1.54, 1.807) is 7.11 Å². The Labute approximate surface area is 165 Å². The molecule has 2 aromatic carbocycles. The van der Waals surface area contributed by atoms with Crippen LogP contribution in [0.5, 0.6) is 5.75 Å². The zero-order valence-corrected chi connectivity index (χ0v) is 16.7. The number of aromatic amines is 1. The monoisotopic (exact) mass is 429 g/mol. The van der Waals surface area contributed by atoms with E-state index in [2.05, 4.69) is 49.2 Å². The molecule has 1 aliphatic heterocycles. The number of ether oxygens (including phenoxy) is 1. The van der Waals surface area contributed by atoms with Gasteiger partial charge in [-0.3, -0.25) is 10.00 Å². The molecule has 1 aliphatic carbocycles. The van der Waals surface area contributed by atoms with E-state index in [1.807, 2.05) is 18.3 Å². The normalized spacial score (nSPS) is 21.2. The van der Waals surface area contributed by atoms with E-state index in [0.717, 1.165) is 39.7 Å². The summed E-state index contributed by atoms with van der Waals surface area (Å²) in [4.78, 5) is 2.28. The molecule has 1 fully saturated rings. The first-order valence-electron chi connectivity index (χ1n) is 9.29. The van der Waals surface area contributed by atoms with Gasteiger partial charge in [0, 0.05) is 28.5 Å². The molecule has 2 aliphatic rings. The van der Waals surface area contributed by atoms with E-state index in [1.165, 1.54) is 11.1 Å². The SMILES string of the molecule is COc1cc(Br)ccc1C1c2ccc3[nH]ncc3c2CCN1CC1(F)CC1. The molecule has 1 unspecified atom stereocenters. The largest absolute Gasteiger partial charge is 0.496 e. The van der Waals surface area contributed by atoms with Gasteiger partial charge in [-0.1, -0.05) is 28.1 Å². The standard InChI is InChI=1S/C21H21BrFN3O/c1-27-19-10-13(22)2-3-16(19)20-15-4-5-18-17(11-24-25-18)14(15)6-9-26(20)12-21(23)7-8-21/h2-5,10-11,20H,6-9,12H2,1H3,(H,24,25). The third-order valence-corrected chi connectivity index (χ3v) is 6.34. The lowest BCUT2D eigenvalue weighted by molar-refractivity contribution is 0.139. The first-order valence-corrected chi connectivity index (χ1v) is 10.1. The van der Waals surface area contributed by atoms with Gasteiger partial charge in [0.25, 0.3) is 0 Å². The van der Waals surface area contributed by atoms with Crippen molar-refractivity contribution < 1.29 is 9.13 Å². The number of rotatable bonds is 4. The molecule has 0 saturated heterocycles. The van der Waals surface area contributed by atoms with Crippen molar-refractivity contribution in [1.29, 1.82) is 0 Å². The molecule has 0 bridgehead atoms. The molecule has 0 amide bonds. The average Bonchev–Trinajstić information content (AvgIpc) is 3.19. The van der Waals surface area contributed by atoms with E-state index in [-0.39, 0.29) is 6.04 Å². The summed E-state index contributed by atoms with van der Waals surface area (Å²) in [6.07, 6.45) is 4.14. The molecule has 1 saturated carbocycles. The Hall–Kier alpha value is -1.92. The molecule has 2 heterocycles. The summed E-state index contributed by atoms with van der Waals surface area (Å²) in [6, 6.07) is 10.3. The summed E-state index contributed by atoms with van der Waals surface area (Å²) in [5, 5.41) is 8.43. The third-order valence-electron chi connectivity index (χ3n) is 5.85. The van der Waals surface area contributed by atoms with Crippen molar-refractivity contribution in [2.75, 3.05) is 20.2 Å². The highest BCUT2D eigenvalue weighted by molar-refractivity contribution is 9.10. The molecule has 0 spiro atoms. The van der Waals surface area contributed by atoms with Crippen molar-refractivity contribution >= 4 is 26.8 Å². The lowest BCUT2D eigenvalue weighted by atomic mass is 9.86. The van der Waals surface area contributed by atoms with Crippen LogP contribution in [0.2, 0.25) is 0 Å². The van der Waals surface area contributed by atoms with Crippen LogP contribution in [-0.4, -0.2) is 41.0 Å². The average molecular weight is 430 g/mol. The first-order chi connectivity index (χ1) is 13.1. The molecular formula is C21H21BrFN3O. The fraction of sp³-hybridized carbons (Fsp3) is 0.381. The molecule has 6 heteroatoms. The van der Waals surface area contributed by atoms with E-state index in [9.17, 15) is 4.39 Å². The summed E-state index contributed by atoms with van der Waals surface area (Å²) in [5.74, 6) is 0.822. The van der Waals surface area contributed by atoms with Crippen molar-refractivity contribution in [3.05, 3.63) is 57.7 Å². The van der Waals surface area contributed by atoms with Gasteiger partial charge in [-0.05, 0) is 48.6 Å². The van der Waals surface area contributed by atoms with Crippen molar-refractivity contribution in [3.8, 4) is 5.75 Å². The number of nitrogens with zero attached hydrogens (tertiary/aromatic N) is 2. The molecular weight excluding hydrogens is 409 g/mol. The first kappa shape index (κ1) is 17.2. The topological polar surface area (TPSA) is 41.1 Å². The number of H-pyrrole nitrogens is 1. The van der Waals surface area contributed by atoms with Crippen LogP contribution in [0.25, 0.3) is 10.9 Å². The van der Waals surface area contributed by atoms with Gasteiger partial charge in [0.1, 0.15) is 11.4 Å². The van der Waals surface area contributed by atoms with Gasteiger partial charge in [-0.15, -0.1) is 0 Å². The van der Waals surface area contributed by atoms with Crippen LogP contribution in [0.4, 0.5) is 4.39 Å². The minimum absolute atomic E-state index is 0.0238. The van der Waals surface area contributed by atoms with Gasteiger partial charge in [-0.2, -0.15) is 5.10 Å². The maximum absolute atomic E-state index is 14.7. The van der Waals surface area contributed by atoms with Crippen LogP contribution < -0.4 is 4.74 Å². The van der Waals surface area contributed by atoms with Crippen LogP contribution in [-0.2, 0) is 6.42 Å². The van der Waals surface area contributed by atoms with Crippen LogP contribution in [0, 0.1) is 0 Å². The Morgan fingerprint density at radius 2 is 2.11 bits per heavy atom. The van der Waals surface area contributed by atoms with E-state index in [0.29, 0.717) is 19.4 Å². The van der Waals surface area contributed by atoms with Crippen molar-refractivity contribution in [3.63, 3.8) is 0 Å². The predicted molar refractivity (Wildman–Crippen MR) is 107 cm³/mol. The van der Waals surface area contributed by atoms with E-state index >= 15 is 0 Å². The second kappa shape index (κ2) is 6.31. The van der Waals surface area contributed by atoms with Crippen LogP contribution in [0.15, 0.2) is 41.0 Å². The maximum Gasteiger partial charge on any atom is 0.125 e. The second-order valence-electron chi connectivity index (χ2n) is 7.62. The van der Waals surface area contributed by atoms with Crippen LogP contribution in [0.1, 0.15) is 35.6 Å². The number of hydrogen-bond acceptors (Lipinski definition) is 3. The molecule has 1 N–H and O–H groups in total. The molecule has 1 aromatic heterocycles. The Balaban J connectivity index is 1.68. The van der Waals surface area contributed by atoms with Gasteiger partial charge in [0.15, 0.2) is 0 Å². The quantitative estimate of drug-likeness (QED) is 0.648. The highest BCUT2D eigenvalue weighted by atomic mass is 79.9. The summed E-state index contributed by atoms with van der Waals surface area (Å²) in [7, 11) is 1.69. The number of halogens is 2. The van der Waals surface area contributed by atoms with Crippen molar-refractivity contribution in [2.45, 2.75) is 31.0 Å². The number of methoxy groups -OCH3 is 1. The van der Waals surface area contributed by atoms with Gasteiger partial charge in [0.2, 0.25) is 0 Å². The lowest BCUT2D eigenvalue weighted by Gasteiger charge is -2.39. The molecule has 0 radical (unpaired) electrons. The zero-order valence-electron chi connectivity index (χ0n) is 15.1. The van der Waals surface area contributed by atoms with E-state index < -0.39 is 5.67 Å². The molecule has 1 atom stereocenters. The fourth-order valence-corrected chi connectivity index (χ4v) is 4.65. The summed E-state index contributed by atoms with van der Waals surface area (Å²) in [5.41, 5.74) is 3.62. The minimum atomic E-state index is -1.03. The molecule has 4 nitrogen and oxygen atoms in total. The fourth-order valence-electron chi connectivity index (χ4n) is 4.31. The molecule has 140 valence electrons. The predicted octanol–water partition coefficient (Wildman–Crippen LogP) is 4.78. The Kier molecular flexibility index (Phi) is 4.02. The highest BCUT2D eigenvalue weighted by Crippen LogP contribution is 2.46. The van der Waals surface area contributed by atoms with Crippen molar-refractivity contribution in [1.82, 2.24) is 15.1 Å². The maximum atomic E-state index is 14.7. The Bertz CT molecular complexity index is 1010. The van der Waals surface area contributed by atoms with Gasteiger partial charge in [0.05, 0.1) is 24.9 Å². The number of benzene rings is 2. The highest BCUT2D eigenvalue weighted by Gasteiger charge is 2.46. The lowest BCUT2D eigenvalue weighted by Crippen LogP contribution is -2.40. The second-order valence-corrected chi connectivity index (χ2v) is 8.54. The molecule has 5 rings (SSSR count). The molecule has 3 aromatic rings. The number of nitrogens with one attached hydrogen (secondary N) is 1. The van der Waals surface area contributed by atoms with Gasteiger partial charge >= 0.3 is 0 Å². The number of fused-ring (bicyclic) bond motifs is 3. The number of hydrogen-bond donors (Lipinski definition) is 1. The minimum Gasteiger partial charge on any atom is -0.496 e. The van der Waals surface area contributed by atoms with E-state index in [4.69, 9.17) is 4.74 Å². The van der Waals surface area contributed by atoms with Crippen LogP contribution in [0.3, 0.4) is 0 Å². The van der Waals surface area contributed by atoms with Gasteiger partial charge in [-0.25, -0.2) is 4.39 Å².